The van der Waals surface area contributed by atoms with E-state index in [1.807, 2.05) is 0 Å². The van der Waals surface area contributed by atoms with Gasteiger partial charge in [-0.15, -0.1) is 11.8 Å². The number of nitrogen functional groups attached to an aromatic ring is 1. The number of hydrogen-bond donors (Lipinski definition) is 3. The SMILES string of the molecule is Cc1ccc(NC(=O)C(C)SCc2nc(N)nc(Nc3ccc(F)cc3)n2)cc1F. The fourth-order valence-electron chi connectivity index (χ4n) is 2.41. The van der Waals surface area contributed by atoms with E-state index < -0.39 is 5.25 Å². The van der Waals surface area contributed by atoms with Crippen LogP contribution < -0.4 is 16.4 Å². The molecule has 1 aromatic heterocycles. The van der Waals surface area contributed by atoms with Gasteiger partial charge < -0.3 is 16.4 Å². The number of aryl methyl sites for hydroxylation is 1. The first-order chi connectivity index (χ1) is 14.3. The van der Waals surface area contributed by atoms with Crippen LogP contribution >= 0.6 is 11.8 Å². The number of nitrogens with one attached hydrogen (secondary N) is 2. The molecule has 10 heteroatoms. The number of amides is 1. The molecule has 0 aliphatic rings. The maximum atomic E-state index is 13.6. The van der Waals surface area contributed by atoms with Crippen LogP contribution in [0.3, 0.4) is 0 Å². The Morgan fingerprint density at radius 2 is 1.80 bits per heavy atom. The van der Waals surface area contributed by atoms with Crippen LogP contribution in [-0.4, -0.2) is 26.1 Å². The molecule has 0 radical (unpaired) electrons. The molecule has 0 bridgehead atoms. The molecule has 0 saturated carbocycles. The summed E-state index contributed by atoms with van der Waals surface area (Å²) < 4.78 is 26.7. The topological polar surface area (TPSA) is 106 Å². The molecule has 3 rings (SSSR count). The third kappa shape index (κ3) is 5.86. The van der Waals surface area contributed by atoms with Crippen molar-refractivity contribution in [1.82, 2.24) is 15.0 Å². The van der Waals surface area contributed by atoms with E-state index in [2.05, 4.69) is 25.6 Å². The minimum Gasteiger partial charge on any atom is -0.368 e. The van der Waals surface area contributed by atoms with Crippen molar-refractivity contribution in [3.8, 4) is 0 Å². The Morgan fingerprint density at radius 1 is 1.10 bits per heavy atom. The predicted octanol–water partition coefficient (Wildman–Crippen LogP) is 4.04. The third-order valence-electron chi connectivity index (χ3n) is 4.07. The second-order valence-electron chi connectivity index (χ2n) is 6.47. The molecule has 0 spiro atoms. The molecular formula is C20H20F2N6OS. The number of carbonyl (C=O) groups excluding carboxylic acids is 1. The highest BCUT2D eigenvalue weighted by Gasteiger charge is 2.16. The zero-order valence-corrected chi connectivity index (χ0v) is 17.1. The van der Waals surface area contributed by atoms with Crippen LogP contribution in [0.1, 0.15) is 18.3 Å². The summed E-state index contributed by atoms with van der Waals surface area (Å²) in [6.45, 7) is 3.38. The van der Waals surface area contributed by atoms with E-state index in [0.29, 0.717) is 28.5 Å². The number of benzene rings is 2. The maximum Gasteiger partial charge on any atom is 0.237 e. The molecule has 0 aliphatic heterocycles. The molecular weight excluding hydrogens is 410 g/mol. The van der Waals surface area contributed by atoms with Crippen molar-refractivity contribution in [3.05, 3.63) is 65.5 Å². The number of hydrogen-bond acceptors (Lipinski definition) is 7. The lowest BCUT2D eigenvalue weighted by Gasteiger charge is -2.12. The van der Waals surface area contributed by atoms with Gasteiger partial charge in [-0.25, -0.2) is 8.78 Å². The van der Waals surface area contributed by atoms with Gasteiger partial charge in [0, 0.05) is 11.4 Å². The number of aromatic nitrogens is 3. The number of anilines is 4. The number of halogens is 2. The molecule has 0 fully saturated rings. The lowest BCUT2D eigenvalue weighted by molar-refractivity contribution is -0.115. The largest absolute Gasteiger partial charge is 0.368 e. The molecule has 3 aromatic rings. The molecule has 156 valence electrons. The zero-order chi connectivity index (χ0) is 21.7. The Morgan fingerprint density at radius 3 is 2.50 bits per heavy atom. The predicted molar refractivity (Wildman–Crippen MR) is 114 cm³/mol. The van der Waals surface area contributed by atoms with Gasteiger partial charge in [0.2, 0.25) is 17.8 Å². The number of nitrogens with zero attached hydrogens (tertiary/aromatic N) is 3. The van der Waals surface area contributed by atoms with Gasteiger partial charge in [0.15, 0.2) is 0 Å². The van der Waals surface area contributed by atoms with Crippen LogP contribution in [0.2, 0.25) is 0 Å². The fourth-order valence-corrected chi connectivity index (χ4v) is 3.15. The summed E-state index contributed by atoms with van der Waals surface area (Å²) in [5.74, 6) is -0.0624. The zero-order valence-electron chi connectivity index (χ0n) is 16.3. The van der Waals surface area contributed by atoms with Gasteiger partial charge in [-0.05, 0) is 55.8 Å². The Kier molecular flexibility index (Phi) is 6.78. The normalized spacial score (nSPS) is 11.7. The summed E-state index contributed by atoms with van der Waals surface area (Å²) in [5.41, 5.74) is 7.24. The third-order valence-corrected chi connectivity index (χ3v) is 5.21. The molecule has 1 heterocycles. The molecule has 0 saturated heterocycles. The average Bonchev–Trinajstić information content (AvgIpc) is 2.70. The first kappa shape index (κ1) is 21.4. The summed E-state index contributed by atoms with van der Waals surface area (Å²) in [5, 5.41) is 5.17. The first-order valence-electron chi connectivity index (χ1n) is 9.02. The van der Waals surface area contributed by atoms with Crippen LogP contribution in [0.4, 0.5) is 32.1 Å². The van der Waals surface area contributed by atoms with Crippen LogP contribution in [0.15, 0.2) is 42.5 Å². The van der Waals surface area contributed by atoms with E-state index in [4.69, 9.17) is 5.73 Å². The quantitative estimate of drug-likeness (QED) is 0.519. The van der Waals surface area contributed by atoms with Crippen molar-refractivity contribution >= 4 is 40.9 Å². The van der Waals surface area contributed by atoms with Gasteiger partial charge in [-0.3, -0.25) is 4.79 Å². The Hall–Kier alpha value is -3.27. The number of nitrogens with two attached hydrogens (primary N) is 1. The van der Waals surface area contributed by atoms with Crippen molar-refractivity contribution in [2.45, 2.75) is 24.9 Å². The standard InChI is InChI=1S/C20H20F2N6OS/c1-11-3-6-15(9-16(11)22)24-18(29)12(2)30-10-17-26-19(23)28-20(27-17)25-14-7-4-13(21)5-8-14/h3-9,12H,10H2,1-2H3,(H,24,29)(H3,23,25,26,27,28). The number of rotatable bonds is 7. The smallest absolute Gasteiger partial charge is 0.237 e. The van der Waals surface area contributed by atoms with Crippen molar-refractivity contribution in [2.24, 2.45) is 0 Å². The number of carbonyl (C=O) groups is 1. The Bertz CT molecular complexity index is 1050. The summed E-state index contributed by atoms with van der Waals surface area (Å²) in [7, 11) is 0. The molecule has 4 N–H and O–H groups in total. The highest BCUT2D eigenvalue weighted by atomic mass is 32.2. The average molecular weight is 430 g/mol. The summed E-state index contributed by atoms with van der Waals surface area (Å²) in [4.78, 5) is 24.7. The van der Waals surface area contributed by atoms with Crippen molar-refractivity contribution < 1.29 is 13.6 Å². The molecule has 0 aliphatic carbocycles. The molecule has 2 aromatic carbocycles. The van der Waals surface area contributed by atoms with Gasteiger partial charge in [-0.1, -0.05) is 6.07 Å². The second-order valence-corrected chi connectivity index (χ2v) is 7.80. The van der Waals surface area contributed by atoms with Gasteiger partial charge in [0.05, 0.1) is 11.0 Å². The van der Waals surface area contributed by atoms with E-state index in [0.717, 1.165) is 0 Å². The monoisotopic (exact) mass is 430 g/mol. The van der Waals surface area contributed by atoms with Crippen LogP contribution in [0.5, 0.6) is 0 Å². The Balaban J connectivity index is 1.60. The maximum absolute atomic E-state index is 13.6. The van der Waals surface area contributed by atoms with Crippen molar-refractivity contribution in [3.63, 3.8) is 0 Å². The molecule has 30 heavy (non-hydrogen) atoms. The fraction of sp³-hybridized carbons (Fsp3) is 0.200. The van der Waals surface area contributed by atoms with E-state index in [1.165, 1.54) is 30.0 Å². The van der Waals surface area contributed by atoms with E-state index in [1.54, 1.807) is 38.1 Å². The van der Waals surface area contributed by atoms with E-state index in [9.17, 15) is 13.6 Å². The second kappa shape index (κ2) is 9.49. The summed E-state index contributed by atoms with van der Waals surface area (Å²) in [6.07, 6.45) is 0. The van der Waals surface area contributed by atoms with Gasteiger partial charge in [0.25, 0.3) is 0 Å². The lowest BCUT2D eigenvalue weighted by atomic mass is 10.2. The highest BCUT2D eigenvalue weighted by molar-refractivity contribution is 7.99. The number of thioether (sulfide) groups is 1. The molecule has 1 unspecified atom stereocenters. The first-order valence-corrected chi connectivity index (χ1v) is 10.1. The van der Waals surface area contributed by atoms with Gasteiger partial charge in [-0.2, -0.15) is 15.0 Å². The minimum absolute atomic E-state index is 0.0254. The van der Waals surface area contributed by atoms with Crippen molar-refractivity contribution in [1.29, 1.82) is 0 Å². The molecule has 1 amide bonds. The van der Waals surface area contributed by atoms with Crippen molar-refractivity contribution in [2.75, 3.05) is 16.4 Å². The molecule has 7 nitrogen and oxygen atoms in total. The van der Waals surface area contributed by atoms with Crippen LogP contribution in [0, 0.1) is 18.6 Å². The van der Waals surface area contributed by atoms with Crippen LogP contribution in [0.25, 0.3) is 0 Å². The Labute approximate surface area is 176 Å². The van der Waals surface area contributed by atoms with Crippen LogP contribution in [-0.2, 0) is 10.5 Å². The minimum atomic E-state index is -0.444. The van der Waals surface area contributed by atoms with E-state index in [-0.39, 0.29) is 29.4 Å². The lowest BCUT2D eigenvalue weighted by Crippen LogP contribution is -2.23. The summed E-state index contributed by atoms with van der Waals surface area (Å²) >= 11 is 1.30. The molecule has 1 atom stereocenters. The van der Waals surface area contributed by atoms with Gasteiger partial charge >= 0.3 is 0 Å². The van der Waals surface area contributed by atoms with Gasteiger partial charge in [0.1, 0.15) is 17.5 Å². The highest BCUT2D eigenvalue weighted by Crippen LogP contribution is 2.21. The summed E-state index contributed by atoms with van der Waals surface area (Å²) in [6, 6.07) is 10.2. The van der Waals surface area contributed by atoms with E-state index >= 15 is 0 Å².